The molecule has 144 valence electrons. The molecule has 0 aliphatic heterocycles. The highest BCUT2D eigenvalue weighted by atomic mass is 16.5. The minimum atomic E-state index is 0.241. The third kappa shape index (κ3) is 4.55. The maximum absolute atomic E-state index is 9.75. The molecule has 3 rings (SSSR count). The van der Waals surface area contributed by atoms with Gasteiger partial charge in [0.15, 0.2) is 0 Å². The summed E-state index contributed by atoms with van der Waals surface area (Å²) in [4.78, 5) is 0. The van der Waals surface area contributed by atoms with Crippen molar-refractivity contribution in [1.82, 2.24) is 0 Å². The van der Waals surface area contributed by atoms with Crippen LogP contribution in [0.2, 0.25) is 0 Å². The largest absolute Gasteiger partial charge is 0.508 e. The summed E-state index contributed by atoms with van der Waals surface area (Å²) in [5.74, 6) is 1.30. The molecule has 0 atom stereocenters. The van der Waals surface area contributed by atoms with Crippen LogP contribution < -0.4 is 4.74 Å². The molecule has 0 spiro atoms. The van der Waals surface area contributed by atoms with Gasteiger partial charge in [0.25, 0.3) is 0 Å². The van der Waals surface area contributed by atoms with Gasteiger partial charge >= 0.3 is 0 Å². The molecular formula is C25H26O3. The quantitative estimate of drug-likeness (QED) is 0.480. The van der Waals surface area contributed by atoms with Crippen molar-refractivity contribution in [2.45, 2.75) is 26.2 Å². The Morgan fingerprint density at radius 3 is 1.86 bits per heavy atom. The van der Waals surface area contributed by atoms with Gasteiger partial charge < -0.3 is 14.9 Å². The maximum atomic E-state index is 9.75. The van der Waals surface area contributed by atoms with Crippen LogP contribution in [-0.2, 0) is 0 Å². The summed E-state index contributed by atoms with van der Waals surface area (Å²) >= 11 is 0. The lowest BCUT2D eigenvalue weighted by atomic mass is 9.87. The Morgan fingerprint density at radius 2 is 1.36 bits per heavy atom. The number of methoxy groups -OCH3 is 1. The fourth-order valence-electron chi connectivity index (χ4n) is 3.35. The van der Waals surface area contributed by atoms with Crippen LogP contribution in [0.4, 0.5) is 0 Å². The van der Waals surface area contributed by atoms with Gasteiger partial charge in [0.05, 0.1) is 7.11 Å². The van der Waals surface area contributed by atoms with Gasteiger partial charge in [-0.25, -0.2) is 0 Å². The molecule has 0 saturated carbocycles. The van der Waals surface area contributed by atoms with Crippen molar-refractivity contribution in [3.05, 3.63) is 89.5 Å². The van der Waals surface area contributed by atoms with Gasteiger partial charge in [-0.1, -0.05) is 49.7 Å². The summed E-state index contributed by atoms with van der Waals surface area (Å²) in [6, 6.07) is 22.7. The number of hydrogen-bond acceptors (Lipinski definition) is 3. The Labute approximate surface area is 166 Å². The lowest BCUT2D eigenvalue weighted by molar-refractivity contribution is 0.414. The summed E-state index contributed by atoms with van der Waals surface area (Å²) in [5, 5.41) is 19.5. The van der Waals surface area contributed by atoms with Crippen molar-refractivity contribution in [2.75, 3.05) is 7.11 Å². The van der Waals surface area contributed by atoms with E-state index in [-0.39, 0.29) is 11.5 Å². The van der Waals surface area contributed by atoms with E-state index in [4.69, 9.17) is 4.74 Å². The molecule has 0 aromatic heterocycles. The van der Waals surface area contributed by atoms with Crippen molar-refractivity contribution in [3.8, 4) is 17.2 Å². The van der Waals surface area contributed by atoms with Crippen LogP contribution in [0.25, 0.3) is 11.1 Å². The lowest BCUT2D eigenvalue weighted by Gasteiger charge is -2.18. The fourth-order valence-corrected chi connectivity index (χ4v) is 3.35. The van der Waals surface area contributed by atoms with Crippen LogP contribution in [-0.4, -0.2) is 17.3 Å². The van der Waals surface area contributed by atoms with Gasteiger partial charge in [0, 0.05) is 0 Å². The lowest BCUT2D eigenvalue weighted by Crippen LogP contribution is -1.97. The molecule has 0 aliphatic carbocycles. The van der Waals surface area contributed by atoms with Crippen LogP contribution in [0.5, 0.6) is 17.2 Å². The van der Waals surface area contributed by atoms with Crippen LogP contribution in [0, 0.1) is 0 Å². The van der Waals surface area contributed by atoms with Gasteiger partial charge in [-0.3, -0.25) is 0 Å². The van der Waals surface area contributed by atoms with Crippen molar-refractivity contribution in [2.24, 2.45) is 0 Å². The standard InChI is InChI=1S/C25H26O3/c1-3-4-8-24(20-6-5-7-23(17-20)28-2)25(18-9-13-21(26)14-10-18)19-11-15-22(27)16-12-19/h5-7,9-17,26-27H,3-4,8H2,1-2H3. The molecule has 0 bridgehead atoms. The van der Waals surface area contributed by atoms with Crippen LogP contribution in [0.1, 0.15) is 42.9 Å². The third-order valence-electron chi connectivity index (χ3n) is 4.81. The van der Waals surface area contributed by atoms with E-state index in [9.17, 15) is 10.2 Å². The number of benzene rings is 3. The Bertz CT molecular complexity index is 891. The van der Waals surface area contributed by atoms with Gasteiger partial charge in [-0.05, 0) is 77.1 Å². The zero-order valence-corrected chi connectivity index (χ0v) is 16.4. The number of hydrogen-bond donors (Lipinski definition) is 2. The molecule has 3 nitrogen and oxygen atoms in total. The first-order valence-electron chi connectivity index (χ1n) is 9.58. The molecule has 0 unspecified atom stereocenters. The molecule has 3 aromatic carbocycles. The van der Waals surface area contributed by atoms with Crippen molar-refractivity contribution in [1.29, 1.82) is 0 Å². The van der Waals surface area contributed by atoms with Gasteiger partial charge in [-0.2, -0.15) is 0 Å². The van der Waals surface area contributed by atoms with Crippen molar-refractivity contribution in [3.63, 3.8) is 0 Å². The van der Waals surface area contributed by atoms with Crippen LogP contribution in [0.15, 0.2) is 72.8 Å². The normalized spacial score (nSPS) is 10.5. The molecule has 0 aliphatic rings. The van der Waals surface area contributed by atoms with Gasteiger partial charge in [0.2, 0.25) is 0 Å². The van der Waals surface area contributed by atoms with E-state index in [1.807, 2.05) is 36.4 Å². The van der Waals surface area contributed by atoms with E-state index in [2.05, 4.69) is 19.1 Å². The Hall–Kier alpha value is -3.20. The maximum Gasteiger partial charge on any atom is 0.119 e. The summed E-state index contributed by atoms with van der Waals surface area (Å²) < 4.78 is 5.44. The molecule has 0 fully saturated rings. The second kappa shape index (κ2) is 9.14. The summed E-state index contributed by atoms with van der Waals surface area (Å²) in [6.45, 7) is 2.18. The third-order valence-corrected chi connectivity index (χ3v) is 4.81. The predicted octanol–water partition coefficient (Wildman–Crippen LogP) is 6.26. The smallest absolute Gasteiger partial charge is 0.119 e. The first kappa shape index (κ1) is 19.6. The number of allylic oxidation sites excluding steroid dienone is 1. The second-order valence-electron chi connectivity index (χ2n) is 6.78. The van der Waals surface area contributed by atoms with Crippen LogP contribution in [0.3, 0.4) is 0 Å². The van der Waals surface area contributed by atoms with E-state index in [1.54, 1.807) is 31.4 Å². The molecule has 0 amide bonds. The SMILES string of the molecule is CCCCC(=C(c1ccc(O)cc1)c1ccc(O)cc1)c1cccc(OC)c1. The zero-order valence-electron chi connectivity index (χ0n) is 16.4. The highest BCUT2D eigenvalue weighted by Gasteiger charge is 2.15. The topological polar surface area (TPSA) is 49.7 Å². The molecule has 0 heterocycles. The number of phenols is 2. The summed E-state index contributed by atoms with van der Waals surface area (Å²) in [5.41, 5.74) is 5.48. The highest BCUT2D eigenvalue weighted by molar-refractivity contribution is 5.98. The van der Waals surface area contributed by atoms with Gasteiger partial charge in [0.1, 0.15) is 17.2 Å². The Kier molecular flexibility index (Phi) is 6.38. The first-order valence-corrected chi connectivity index (χ1v) is 9.58. The number of ether oxygens (including phenoxy) is 1. The molecule has 28 heavy (non-hydrogen) atoms. The number of rotatable bonds is 7. The van der Waals surface area contributed by atoms with E-state index < -0.39 is 0 Å². The summed E-state index contributed by atoms with van der Waals surface area (Å²) in [7, 11) is 1.68. The van der Waals surface area contributed by atoms with E-state index in [0.717, 1.165) is 47.3 Å². The number of phenolic OH excluding ortho intramolecular Hbond substituents is 2. The average Bonchev–Trinajstić information content (AvgIpc) is 2.73. The minimum Gasteiger partial charge on any atom is -0.508 e. The molecule has 3 heteroatoms. The van der Waals surface area contributed by atoms with E-state index in [1.165, 1.54) is 5.57 Å². The molecular weight excluding hydrogens is 348 g/mol. The highest BCUT2D eigenvalue weighted by Crippen LogP contribution is 2.37. The second-order valence-corrected chi connectivity index (χ2v) is 6.78. The Morgan fingerprint density at radius 1 is 0.786 bits per heavy atom. The first-order chi connectivity index (χ1) is 13.6. The van der Waals surface area contributed by atoms with E-state index >= 15 is 0 Å². The molecule has 0 radical (unpaired) electrons. The molecule has 0 saturated heterocycles. The average molecular weight is 374 g/mol. The fraction of sp³-hybridized carbons (Fsp3) is 0.200. The zero-order chi connectivity index (χ0) is 19.9. The minimum absolute atomic E-state index is 0.241. The molecule has 3 aromatic rings. The van der Waals surface area contributed by atoms with E-state index in [0.29, 0.717) is 0 Å². The van der Waals surface area contributed by atoms with Crippen molar-refractivity contribution < 1.29 is 14.9 Å². The predicted molar refractivity (Wildman–Crippen MR) is 115 cm³/mol. The number of aromatic hydroxyl groups is 2. The Balaban J connectivity index is 2.27. The monoisotopic (exact) mass is 374 g/mol. The summed E-state index contributed by atoms with van der Waals surface area (Å²) in [6.07, 6.45) is 3.07. The van der Waals surface area contributed by atoms with Gasteiger partial charge in [-0.15, -0.1) is 0 Å². The number of unbranched alkanes of at least 4 members (excludes halogenated alkanes) is 1. The molecule has 2 N–H and O–H groups in total. The van der Waals surface area contributed by atoms with Crippen molar-refractivity contribution >= 4 is 11.1 Å². The van der Waals surface area contributed by atoms with Crippen LogP contribution >= 0.6 is 0 Å².